The fraction of sp³-hybridized carbons (Fsp3) is 0.571. The predicted octanol–water partition coefficient (Wildman–Crippen LogP) is 2.75. The Morgan fingerprint density at radius 3 is 3.32 bits per heavy atom. The van der Waals surface area contributed by atoms with Crippen LogP contribution in [0.25, 0.3) is 0 Å². The number of thiophene rings is 1. The molecule has 0 saturated carbocycles. The van der Waals surface area contributed by atoms with E-state index in [1.807, 2.05) is 18.4 Å². The highest BCUT2D eigenvalue weighted by Gasteiger charge is 2.27. The molecule has 102 valence electrons. The Morgan fingerprint density at radius 1 is 1.47 bits per heavy atom. The van der Waals surface area contributed by atoms with Crippen molar-refractivity contribution in [3.8, 4) is 0 Å². The lowest BCUT2D eigenvalue weighted by Crippen LogP contribution is -2.09. The number of nitrogens with one attached hydrogen (secondary N) is 1. The number of hydrogen-bond donors (Lipinski definition) is 1. The van der Waals surface area contributed by atoms with Gasteiger partial charge < -0.3 is 9.73 Å². The van der Waals surface area contributed by atoms with Crippen LogP contribution in [0.3, 0.4) is 0 Å². The van der Waals surface area contributed by atoms with Crippen LogP contribution in [0, 0.1) is 0 Å². The van der Waals surface area contributed by atoms with Crippen molar-refractivity contribution >= 4 is 11.3 Å². The van der Waals surface area contributed by atoms with E-state index in [0.717, 1.165) is 37.6 Å². The summed E-state index contributed by atoms with van der Waals surface area (Å²) in [5, 5.41) is 13.7. The zero-order chi connectivity index (χ0) is 13.1. The minimum atomic E-state index is 0.320. The molecule has 1 N–H and O–H groups in total. The van der Waals surface area contributed by atoms with E-state index < -0.39 is 0 Å². The molecule has 1 atom stereocenters. The number of fused-ring (bicyclic) bond motifs is 1. The summed E-state index contributed by atoms with van der Waals surface area (Å²) in [5.41, 5.74) is 1.40. The van der Waals surface area contributed by atoms with E-state index in [-0.39, 0.29) is 0 Å². The maximum Gasteiger partial charge on any atom is 0.224 e. The zero-order valence-corrected chi connectivity index (χ0v) is 12.0. The van der Waals surface area contributed by atoms with Crippen LogP contribution in [-0.4, -0.2) is 23.8 Å². The molecule has 1 aliphatic rings. The second-order valence-electron chi connectivity index (χ2n) is 4.99. The van der Waals surface area contributed by atoms with Crippen molar-refractivity contribution in [2.24, 2.45) is 0 Å². The molecule has 0 fully saturated rings. The molecule has 19 heavy (non-hydrogen) atoms. The van der Waals surface area contributed by atoms with E-state index in [9.17, 15) is 0 Å². The van der Waals surface area contributed by atoms with Gasteiger partial charge in [0, 0.05) is 11.3 Å². The van der Waals surface area contributed by atoms with Gasteiger partial charge in [0.25, 0.3) is 0 Å². The van der Waals surface area contributed by atoms with Gasteiger partial charge in [0.1, 0.15) is 0 Å². The molecule has 0 aromatic carbocycles. The van der Waals surface area contributed by atoms with Crippen LogP contribution in [0.4, 0.5) is 0 Å². The third kappa shape index (κ3) is 2.72. The largest absolute Gasteiger partial charge is 0.425 e. The Bertz CT molecular complexity index is 534. The van der Waals surface area contributed by atoms with Gasteiger partial charge in [-0.2, -0.15) is 0 Å². The van der Waals surface area contributed by atoms with Crippen molar-refractivity contribution in [1.29, 1.82) is 0 Å². The summed E-state index contributed by atoms with van der Waals surface area (Å²) in [5.74, 6) is 1.90. The Balaban J connectivity index is 1.73. The maximum atomic E-state index is 5.85. The van der Waals surface area contributed by atoms with E-state index in [1.165, 1.54) is 23.3 Å². The third-order valence-electron chi connectivity index (χ3n) is 3.65. The Hall–Kier alpha value is -1.20. The van der Waals surface area contributed by atoms with Gasteiger partial charge in [-0.1, -0.05) is 0 Å². The molecular weight excluding hydrogens is 258 g/mol. The van der Waals surface area contributed by atoms with Crippen LogP contribution < -0.4 is 5.32 Å². The summed E-state index contributed by atoms with van der Waals surface area (Å²) < 4.78 is 5.85. The van der Waals surface area contributed by atoms with E-state index in [2.05, 4.69) is 27.0 Å². The monoisotopic (exact) mass is 277 g/mol. The van der Waals surface area contributed by atoms with E-state index in [0.29, 0.717) is 5.92 Å². The number of aryl methyl sites for hydroxylation is 2. The van der Waals surface area contributed by atoms with Gasteiger partial charge in [0.2, 0.25) is 11.8 Å². The van der Waals surface area contributed by atoms with Gasteiger partial charge in [-0.3, -0.25) is 0 Å². The van der Waals surface area contributed by atoms with Crippen LogP contribution >= 0.6 is 11.3 Å². The van der Waals surface area contributed by atoms with E-state index in [4.69, 9.17) is 4.42 Å². The molecule has 2 aromatic rings. The first kappa shape index (κ1) is 12.8. The predicted molar refractivity (Wildman–Crippen MR) is 75.6 cm³/mol. The minimum Gasteiger partial charge on any atom is -0.425 e. The molecule has 0 aliphatic heterocycles. The van der Waals surface area contributed by atoms with Gasteiger partial charge in [-0.15, -0.1) is 21.5 Å². The van der Waals surface area contributed by atoms with Gasteiger partial charge in [-0.25, -0.2) is 0 Å². The molecule has 0 saturated heterocycles. The van der Waals surface area contributed by atoms with Crippen LogP contribution in [0.2, 0.25) is 0 Å². The summed E-state index contributed by atoms with van der Waals surface area (Å²) in [6.07, 6.45) is 5.44. The van der Waals surface area contributed by atoms with Crippen LogP contribution in [-0.2, 0) is 12.8 Å². The fourth-order valence-corrected chi connectivity index (χ4v) is 3.66. The molecule has 0 radical (unpaired) electrons. The first-order valence-corrected chi connectivity index (χ1v) is 7.79. The van der Waals surface area contributed by atoms with Crippen molar-refractivity contribution in [3.63, 3.8) is 0 Å². The summed E-state index contributed by atoms with van der Waals surface area (Å²) in [4.78, 5) is 1.49. The van der Waals surface area contributed by atoms with Gasteiger partial charge >= 0.3 is 0 Å². The van der Waals surface area contributed by atoms with Crippen LogP contribution in [0.15, 0.2) is 15.9 Å². The van der Waals surface area contributed by atoms with Crippen molar-refractivity contribution in [1.82, 2.24) is 15.5 Å². The third-order valence-corrected chi connectivity index (χ3v) is 4.65. The molecular formula is C14H19N3OS. The fourth-order valence-electron chi connectivity index (χ4n) is 2.67. The zero-order valence-electron chi connectivity index (χ0n) is 11.2. The number of rotatable bonds is 5. The lowest BCUT2D eigenvalue weighted by atomic mass is 9.88. The number of nitrogens with zero attached hydrogens (tertiary/aromatic N) is 2. The molecule has 4 nitrogen and oxygen atoms in total. The molecule has 1 aliphatic carbocycles. The first-order valence-electron chi connectivity index (χ1n) is 6.91. The van der Waals surface area contributed by atoms with Crippen molar-refractivity contribution < 1.29 is 4.42 Å². The van der Waals surface area contributed by atoms with Crippen molar-refractivity contribution in [3.05, 3.63) is 33.7 Å². The first-order chi connectivity index (χ1) is 9.38. The smallest absolute Gasteiger partial charge is 0.224 e. The molecule has 0 amide bonds. The summed E-state index contributed by atoms with van der Waals surface area (Å²) in [7, 11) is 1.96. The average Bonchev–Trinajstić information content (AvgIpc) is 3.07. The van der Waals surface area contributed by atoms with E-state index in [1.54, 1.807) is 0 Å². The Kier molecular flexibility index (Phi) is 3.94. The molecule has 2 heterocycles. The summed E-state index contributed by atoms with van der Waals surface area (Å²) >= 11 is 1.85. The van der Waals surface area contributed by atoms with Crippen molar-refractivity contribution in [2.45, 2.75) is 38.0 Å². The maximum absolute atomic E-state index is 5.85. The van der Waals surface area contributed by atoms with E-state index >= 15 is 0 Å². The highest BCUT2D eigenvalue weighted by molar-refractivity contribution is 7.10. The van der Waals surface area contributed by atoms with Crippen molar-refractivity contribution in [2.75, 3.05) is 13.6 Å². The SMILES string of the molecule is CNCCCc1nnc(C2CCCc3sccc32)o1. The molecule has 0 bridgehead atoms. The second-order valence-corrected chi connectivity index (χ2v) is 5.99. The summed E-state index contributed by atoms with van der Waals surface area (Å²) in [6.45, 7) is 0.982. The highest BCUT2D eigenvalue weighted by Crippen LogP contribution is 2.38. The minimum absolute atomic E-state index is 0.320. The highest BCUT2D eigenvalue weighted by atomic mass is 32.1. The van der Waals surface area contributed by atoms with Crippen LogP contribution in [0.1, 0.15) is 47.4 Å². The average molecular weight is 277 g/mol. The van der Waals surface area contributed by atoms with Crippen LogP contribution in [0.5, 0.6) is 0 Å². The standard InChI is InChI=1S/C14H19N3OS/c1-15-8-3-6-13-16-17-14(18-13)11-4-2-5-12-10(11)7-9-19-12/h7,9,11,15H,2-6,8H2,1H3. The van der Waals surface area contributed by atoms with Gasteiger partial charge in [-0.05, 0) is 56.3 Å². The second kappa shape index (κ2) is 5.84. The lowest BCUT2D eigenvalue weighted by Gasteiger charge is -2.18. The number of aromatic nitrogens is 2. The summed E-state index contributed by atoms with van der Waals surface area (Å²) in [6, 6.07) is 2.22. The Morgan fingerprint density at radius 2 is 2.42 bits per heavy atom. The Labute approximate surface area is 117 Å². The molecule has 1 unspecified atom stereocenters. The normalized spacial score (nSPS) is 18.5. The molecule has 2 aromatic heterocycles. The lowest BCUT2D eigenvalue weighted by molar-refractivity contribution is 0.411. The number of hydrogen-bond acceptors (Lipinski definition) is 5. The molecule has 3 rings (SSSR count). The topological polar surface area (TPSA) is 51.0 Å². The quantitative estimate of drug-likeness (QED) is 0.854. The molecule has 5 heteroatoms. The van der Waals surface area contributed by atoms with Gasteiger partial charge in [0.05, 0.1) is 5.92 Å². The van der Waals surface area contributed by atoms with Gasteiger partial charge in [0.15, 0.2) is 0 Å². The molecule has 0 spiro atoms.